The SMILES string of the molecule is Cc1ccc(-c2cc(C(=O)NC(C)c3ccc4c(c3)OCCCO4)n[nH]2)s1. The quantitative estimate of drug-likeness (QED) is 0.711. The number of hydrogen-bond acceptors (Lipinski definition) is 5. The third kappa shape index (κ3) is 3.83. The number of aromatic amines is 1. The third-order valence-electron chi connectivity index (χ3n) is 4.44. The number of thiophene rings is 1. The van der Waals surface area contributed by atoms with Gasteiger partial charge in [0.1, 0.15) is 0 Å². The Bertz CT molecular complexity index is 963. The molecule has 4 rings (SSSR count). The van der Waals surface area contributed by atoms with Crippen molar-refractivity contribution in [2.75, 3.05) is 13.2 Å². The largest absolute Gasteiger partial charge is 0.490 e. The van der Waals surface area contributed by atoms with Crippen molar-refractivity contribution in [3.63, 3.8) is 0 Å². The van der Waals surface area contributed by atoms with Crippen molar-refractivity contribution in [1.29, 1.82) is 0 Å². The summed E-state index contributed by atoms with van der Waals surface area (Å²) in [6.45, 7) is 5.28. The molecule has 0 fully saturated rings. The van der Waals surface area contributed by atoms with Crippen LogP contribution in [0.5, 0.6) is 11.5 Å². The predicted molar refractivity (Wildman–Crippen MR) is 105 cm³/mol. The first kappa shape index (κ1) is 17.6. The van der Waals surface area contributed by atoms with Crippen LogP contribution in [0.25, 0.3) is 10.6 Å². The van der Waals surface area contributed by atoms with Gasteiger partial charge in [-0.15, -0.1) is 11.3 Å². The molecule has 140 valence electrons. The first-order valence-electron chi connectivity index (χ1n) is 8.93. The molecule has 3 aromatic rings. The Labute approximate surface area is 161 Å². The minimum atomic E-state index is -0.217. The summed E-state index contributed by atoms with van der Waals surface area (Å²) in [4.78, 5) is 14.9. The van der Waals surface area contributed by atoms with Gasteiger partial charge in [-0.3, -0.25) is 9.89 Å². The normalized spacial score (nSPS) is 14.4. The highest BCUT2D eigenvalue weighted by Crippen LogP contribution is 2.32. The van der Waals surface area contributed by atoms with Crippen molar-refractivity contribution in [2.45, 2.75) is 26.3 Å². The number of benzene rings is 1. The van der Waals surface area contributed by atoms with Gasteiger partial charge in [0.05, 0.1) is 29.8 Å². The lowest BCUT2D eigenvalue weighted by Crippen LogP contribution is -2.27. The highest BCUT2D eigenvalue weighted by atomic mass is 32.1. The monoisotopic (exact) mass is 383 g/mol. The summed E-state index contributed by atoms with van der Waals surface area (Å²) < 4.78 is 11.4. The van der Waals surface area contributed by atoms with Crippen molar-refractivity contribution in [1.82, 2.24) is 15.5 Å². The molecule has 0 radical (unpaired) electrons. The molecule has 6 nitrogen and oxygen atoms in total. The molecule has 0 bridgehead atoms. The van der Waals surface area contributed by atoms with Gasteiger partial charge in [-0.1, -0.05) is 6.07 Å². The summed E-state index contributed by atoms with van der Waals surface area (Å²) in [6.07, 6.45) is 0.863. The zero-order valence-electron chi connectivity index (χ0n) is 15.2. The van der Waals surface area contributed by atoms with Crippen LogP contribution in [0, 0.1) is 6.92 Å². The van der Waals surface area contributed by atoms with Crippen LogP contribution in [-0.4, -0.2) is 29.3 Å². The zero-order chi connectivity index (χ0) is 18.8. The molecule has 0 saturated heterocycles. The molecule has 1 aromatic carbocycles. The number of aromatic nitrogens is 2. The first-order valence-corrected chi connectivity index (χ1v) is 9.74. The van der Waals surface area contributed by atoms with Gasteiger partial charge in [0.25, 0.3) is 5.91 Å². The first-order chi connectivity index (χ1) is 13.1. The van der Waals surface area contributed by atoms with E-state index in [1.165, 1.54) is 4.88 Å². The molecule has 1 amide bonds. The molecular weight excluding hydrogens is 362 g/mol. The minimum absolute atomic E-state index is 0.182. The number of nitrogens with zero attached hydrogens (tertiary/aromatic N) is 1. The van der Waals surface area contributed by atoms with Crippen molar-refractivity contribution in [3.05, 3.63) is 52.5 Å². The van der Waals surface area contributed by atoms with Crippen molar-refractivity contribution in [2.24, 2.45) is 0 Å². The molecule has 3 heterocycles. The van der Waals surface area contributed by atoms with Crippen LogP contribution in [0.15, 0.2) is 36.4 Å². The summed E-state index contributed by atoms with van der Waals surface area (Å²) in [5.74, 6) is 1.25. The summed E-state index contributed by atoms with van der Waals surface area (Å²) in [6, 6.07) is 11.4. The number of H-pyrrole nitrogens is 1. The van der Waals surface area contributed by atoms with Crippen LogP contribution >= 0.6 is 11.3 Å². The van der Waals surface area contributed by atoms with E-state index in [2.05, 4.69) is 22.4 Å². The highest BCUT2D eigenvalue weighted by Gasteiger charge is 2.18. The molecule has 1 atom stereocenters. The molecule has 1 unspecified atom stereocenters. The third-order valence-corrected chi connectivity index (χ3v) is 5.47. The van der Waals surface area contributed by atoms with E-state index < -0.39 is 0 Å². The summed E-state index contributed by atoms with van der Waals surface area (Å²) in [7, 11) is 0. The fourth-order valence-corrected chi connectivity index (χ4v) is 3.78. The van der Waals surface area contributed by atoms with Crippen molar-refractivity contribution >= 4 is 17.2 Å². The molecule has 0 saturated carbocycles. The maximum Gasteiger partial charge on any atom is 0.272 e. The molecular formula is C20H21N3O3S. The number of ether oxygens (including phenoxy) is 2. The van der Waals surface area contributed by atoms with Gasteiger partial charge in [-0.25, -0.2) is 0 Å². The van der Waals surface area contributed by atoms with Crippen LogP contribution in [0.3, 0.4) is 0 Å². The summed E-state index contributed by atoms with van der Waals surface area (Å²) >= 11 is 1.66. The maximum absolute atomic E-state index is 12.6. The van der Waals surface area contributed by atoms with Crippen LogP contribution in [0.4, 0.5) is 0 Å². The Morgan fingerprint density at radius 2 is 2.00 bits per heavy atom. The number of rotatable bonds is 4. The van der Waals surface area contributed by atoms with E-state index in [-0.39, 0.29) is 11.9 Å². The molecule has 0 aliphatic carbocycles. The smallest absolute Gasteiger partial charge is 0.272 e. The zero-order valence-corrected chi connectivity index (χ0v) is 16.1. The molecule has 2 aromatic heterocycles. The van der Waals surface area contributed by atoms with Crippen LogP contribution < -0.4 is 14.8 Å². The molecule has 0 spiro atoms. The van der Waals surface area contributed by atoms with Gasteiger partial charge >= 0.3 is 0 Å². The van der Waals surface area contributed by atoms with Gasteiger partial charge in [-0.05, 0) is 49.7 Å². The second-order valence-electron chi connectivity index (χ2n) is 6.53. The van der Waals surface area contributed by atoms with E-state index in [0.717, 1.165) is 34.1 Å². The number of nitrogens with one attached hydrogen (secondary N) is 2. The maximum atomic E-state index is 12.6. The number of amides is 1. The van der Waals surface area contributed by atoms with Gasteiger partial charge in [-0.2, -0.15) is 5.10 Å². The Hall–Kier alpha value is -2.80. The van der Waals surface area contributed by atoms with Crippen LogP contribution in [0.2, 0.25) is 0 Å². The number of fused-ring (bicyclic) bond motifs is 1. The van der Waals surface area contributed by atoms with Crippen molar-refractivity contribution in [3.8, 4) is 22.1 Å². The second-order valence-corrected chi connectivity index (χ2v) is 7.82. The average Bonchev–Trinajstić information content (AvgIpc) is 3.25. The number of hydrogen-bond donors (Lipinski definition) is 2. The number of aryl methyl sites for hydroxylation is 1. The van der Waals surface area contributed by atoms with Gasteiger partial charge in [0.2, 0.25) is 0 Å². The molecule has 7 heteroatoms. The van der Waals surface area contributed by atoms with Crippen molar-refractivity contribution < 1.29 is 14.3 Å². The molecule has 27 heavy (non-hydrogen) atoms. The number of carbonyl (C=O) groups excluding carboxylic acids is 1. The Kier molecular flexibility index (Phi) is 4.85. The Balaban J connectivity index is 1.46. The average molecular weight is 383 g/mol. The standard InChI is InChI=1S/C20H21N3O3S/c1-12-4-7-19(27-12)15-11-16(23-22-15)20(24)21-13(2)14-5-6-17-18(10-14)26-9-3-8-25-17/h4-7,10-11,13H,3,8-9H2,1-2H3,(H,21,24)(H,22,23). The lowest BCUT2D eigenvalue weighted by Gasteiger charge is -2.15. The summed E-state index contributed by atoms with van der Waals surface area (Å²) in [5.41, 5.74) is 2.18. The predicted octanol–water partition coefficient (Wildman–Crippen LogP) is 4.10. The van der Waals surface area contributed by atoms with E-state index in [0.29, 0.717) is 18.9 Å². The Morgan fingerprint density at radius 1 is 1.19 bits per heavy atom. The van der Waals surface area contributed by atoms with Gasteiger partial charge in [0.15, 0.2) is 17.2 Å². The lowest BCUT2D eigenvalue weighted by molar-refractivity contribution is 0.0934. The fraction of sp³-hybridized carbons (Fsp3) is 0.300. The molecule has 1 aliphatic heterocycles. The summed E-state index contributed by atoms with van der Waals surface area (Å²) in [5, 5.41) is 10.1. The van der Waals surface area contributed by atoms with Gasteiger partial charge < -0.3 is 14.8 Å². The Morgan fingerprint density at radius 3 is 2.78 bits per heavy atom. The van der Waals surface area contributed by atoms with E-state index in [1.807, 2.05) is 37.3 Å². The second kappa shape index (κ2) is 7.44. The van der Waals surface area contributed by atoms with Gasteiger partial charge in [0, 0.05) is 11.3 Å². The fourth-order valence-electron chi connectivity index (χ4n) is 2.95. The van der Waals surface area contributed by atoms with Crippen LogP contribution in [-0.2, 0) is 0 Å². The van der Waals surface area contributed by atoms with E-state index in [1.54, 1.807) is 17.4 Å². The number of carbonyl (C=O) groups is 1. The van der Waals surface area contributed by atoms with E-state index in [4.69, 9.17) is 9.47 Å². The lowest BCUT2D eigenvalue weighted by atomic mass is 10.1. The van der Waals surface area contributed by atoms with E-state index >= 15 is 0 Å². The highest BCUT2D eigenvalue weighted by molar-refractivity contribution is 7.15. The topological polar surface area (TPSA) is 76.2 Å². The van der Waals surface area contributed by atoms with Crippen LogP contribution in [0.1, 0.15) is 40.3 Å². The molecule has 1 aliphatic rings. The van der Waals surface area contributed by atoms with E-state index in [9.17, 15) is 4.79 Å². The molecule has 2 N–H and O–H groups in total. The minimum Gasteiger partial charge on any atom is -0.490 e.